The van der Waals surface area contributed by atoms with E-state index < -0.39 is 23.0 Å². The predicted molar refractivity (Wildman–Crippen MR) is 91.1 cm³/mol. The van der Waals surface area contributed by atoms with Crippen molar-refractivity contribution < 1.29 is 18.4 Å². The van der Waals surface area contributed by atoms with Crippen molar-refractivity contribution in [2.45, 2.75) is 19.3 Å². The summed E-state index contributed by atoms with van der Waals surface area (Å²) in [6.07, 6.45) is 2.95. The van der Waals surface area contributed by atoms with Crippen LogP contribution >= 0.6 is 0 Å². The van der Waals surface area contributed by atoms with Crippen molar-refractivity contribution >= 4 is 17.4 Å². The number of fused-ring (bicyclic) bond motifs is 1. The molecule has 1 aromatic carbocycles. The average Bonchev–Trinajstić information content (AvgIpc) is 3.06. The van der Waals surface area contributed by atoms with Gasteiger partial charge in [0.15, 0.2) is 11.6 Å². The summed E-state index contributed by atoms with van der Waals surface area (Å²) in [4.78, 5) is 26.5. The molecule has 0 unspecified atom stereocenters. The topological polar surface area (TPSA) is 78.1 Å². The van der Waals surface area contributed by atoms with Crippen molar-refractivity contribution in [3.8, 4) is 0 Å². The summed E-state index contributed by atoms with van der Waals surface area (Å²) in [5.74, 6) is -3.04. The number of hydrogen-bond donors (Lipinski definition) is 2. The molecule has 26 heavy (non-hydrogen) atoms. The van der Waals surface area contributed by atoms with Gasteiger partial charge in [-0.15, -0.1) is 0 Å². The molecule has 0 spiro atoms. The van der Waals surface area contributed by atoms with Gasteiger partial charge in [0.25, 0.3) is 11.8 Å². The van der Waals surface area contributed by atoms with Gasteiger partial charge in [0.05, 0.1) is 17.5 Å². The third-order valence-electron chi connectivity index (χ3n) is 4.36. The van der Waals surface area contributed by atoms with Crippen LogP contribution in [0.15, 0.2) is 30.6 Å². The van der Waals surface area contributed by atoms with Crippen molar-refractivity contribution in [1.29, 1.82) is 0 Å². The molecule has 2 heterocycles. The van der Waals surface area contributed by atoms with Gasteiger partial charge in [-0.2, -0.15) is 5.10 Å². The van der Waals surface area contributed by atoms with Gasteiger partial charge in [-0.25, -0.2) is 8.78 Å². The first-order valence-electron chi connectivity index (χ1n) is 7.98. The molecule has 0 fully saturated rings. The number of rotatable bonds is 2. The van der Waals surface area contributed by atoms with E-state index in [4.69, 9.17) is 0 Å². The Morgan fingerprint density at radius 1 is 1.27 bits per heavy atom. The number of aromatic amines is 1. The highest BCUT2D eigenvalue weighted by Crippen LogP contribution is 2.34. The molecule has 0 radical (unpaired) electrons. The molecule has 2 amide bonds. The maximum absolute atomic E-state index is 13.5. The highest BCUT2D eigenvalue weighted by atomic mass is 19.2. The van der Waals surface area contributed by atoms with E-state index in [9.17, 15) is 18.4 Å². The average molecular weight is 360 g/mol. The first-order valence-corrected chi connectivity index (χ1v) is 7.98. The second-order valence-electron chi connectivity index (χ2n) is 6.73. The number of nitrogens with one attached hydrogen (secondary N) is 2. The summed E-state index contributed by atoms with van der Waals surface area (Å²) in [5, 5.41) is 9.45. The van der Waals surface area contributed by atoms with Crippen LogP contribution in [-0.2, 0) is 10.2 Å². The van der Waals surface area contributed by atoms with Crippen LogP contribution in [0, 0.1) is 11.6 Å². The summed E-state index contributed by atoms with van der Waals surface area (Å²) < 4.78 is 26.7. The summed E-state index contributed by atoms with van der Waals surface area (Å²) in [5.41, 5.74) is 1.02. The Balaban J connectivity index is 2.09. The number of hydrogen-bond acceptors (Lipinski definition) is 3. The van der Waals surface area contributed by atoms with E-state index in [1.54, 1.807) is 0 Å². The molecule has 2 N–H and O–H groups in total. The fraction of sp³-hybridized carbons (Fsp3) is 0.278. The molecular formula is C18H18F2N4O2. The minimum absolute atomic E-state index is 0.00380. The second-order valence-corrected chi connectivity index (χ2v) is 6.73. The fourth-order valence-electron chi connectivity index (χ4n) is 3.02. The molecule has 0 bridgehead atoms. The molecule has 136 valence electrons. The largest absolute Gasteiger partial charge is 0.355 e. The zero-order chi connectivity index (χ0) is 19.1. The number of nitrogens with zero attached hydrogens (tertiary/aromatic N) is 2. The zero-order valence-corrected chi connectivity index (χ0v) is 14.6. The standard InChI is InChI=1S/C18H18F2N4O2/c1-18(2)9-24(17(26)10-4-5-13(19)14(20)6-10)8-12(16(25)21-3)11-7-22-23-15(11)18/h4-8H,9H2,1-3H3,(H,21,25)(H,22,23). The third-order valence-corrected chi connectivity index (χ3v) is 4.36. The summed E-state index contributed by atoms with van der Waals surface area (Å²) in [6.45, 7) is 4.02. The number of carbonyl (C=O) groups is 2. The predicted octanol–water partition coefficient (Wildman–Crippen LogP) is 2.21. The van der Waals surface area contributed by atoms with Crippen LogP contribution in [0.4, 0.5) is 8.78 Å². The Labute approximate surface area is 148 Å². The number of amides is 2. The highest BCUT2D eigenvalue weighted by Gasteiger charge is 2.35. The second kappa shape index (κ2) is 6.36. The summed E-state index contributed by atoms with van der Waals surface area (Å²) in [7, 11) is 1.49. The normalized spacial score (nSPS) is 15.7. The lowest BCUT2D eigenvalue weighted by atomic mass is 9.86. The maximum atomic E-state index is 13.5. The van der Waals surface area contributed by atoms with Crippen LogP contribution < -0.4 is 5.32 Å². The highest BCUT2D eigenvalue weighted by molar-refractivity contribution is 6.20. The van der Waals surface area contributed by atoms with Crippen molar-refractivity contribution in [2.75, 3.05) is 13.6 Å². The van der Waals surface area contributed by atoms with Crippen LogP contribution in [-0.4, -0.2) is 40.5 Å². The number of aromatic nitrogens is 2. The lowest BCUT2D eigenvalue weighted by Crippen LogP contribution is -2.37. The summed E-state index contributed by atoms with van der Waals surface area (Å²) in [6, 6.07) is 2.97. The Hall–Kier alpha value is -3.03. The fourth-order valence-corrected chi connectivity index (χ4v) is 3.02. The van der Waals surface area contributed by atoms with Gasteiger partial charge in [0.2, 0.25) is 0 Å². The molecule has 8 heteroatoms. The van der Waals surface area contributed by atoms with E-state index in [0.29, 0.717) is 11.3 Å². The van der Waals surface area contributed by atoms with Crippen molar-refractivity contribution in [1.82, 2.24) is 20.4 Å². The minimum Gasteiger partial charge on any atom is -0.355 e. The number of likely N-dealkylation sites (N-methyl/N-ethyl adjacent to an activating group) is 1. The number of carbonyl (C=O) groups excluding carboxylic acids is 2. The van der Waals surface area contributed by atoms with Crippen LogP contribution in [0.1, 0.15) is 35.5 Å². The Morgan fingerprint density at radius 2 is 2.00 bits per heavy atom. The van der Waals surface area contributed by atoms with E-state index in [-0.39, 0.29) is 23.6 Å². The number of halogens is 2. The molecule has 1 aromatic heterocycles. The van der Waals surface area contributed by atoms with Crippen molar-refractivity contribution in [3.05, 3.63) is 59.1 Å². The molecule has 2 aromatic rings. The van der Waals surface area contributed by atoms with E-state index in [0.717, 1.165) is 12.1 Å². The van der Waals surface area contributed by atoms with E-state index >= 15 is 0 Å². The smallest absolute Gasteiger partial charge is 0.257 e. The molecule has 0 atom stereocenters. The van der Waals surface area contributed by atoms with Crippen molar-refractivity contribution in [3.63, 3.8) is 0 Å². The lowest BCUT2D eigenvalue weighted by molar-refractivity contribution is -0.115. The first-order chi connectivity index (χ1) is 12.2. The van der Waals surface area contributed by atoms with Gasteiger partial charge in [-0.05, 0) is 18.2 Å². The molecule has 0 aliphatic carbocycles. The summed E-state index contributed by atoms with van der Waals surface area (Å²) >= 11 is 0. The van der Waals surface area contributed by atoms with Crippen LogP contribution in [0.2, 0.25) is 0 Å². The Morgan fingerprint density at radius 3 is 2.65 bits per heavy atom. The van der Waals surface area contributed by atoms with Crippen molar-refractivity contribution in [2.24, 2.45) is 0 Å². The molecule has 3 rings (SSSR count). The van der Waals surface area contributed by atoms with Gasteiger partial charge >= 0.3 is 0 Å². The molecule has 1 aliphatic heterocycles. The van der Waals surface area contributed by atoms with Gasteiger partial charge in [0.1, 0.15) is 0 Å². The quantitative estimate of drug-likeness (QED) is 0.862. The van der Waals surface area contributed by atoms with Gasteiger partial charge in [0, 0.05) is 36.3 Å². The SMILES string of the molecule is CNC(=O)C1=CN(C(=O)c2ccc(F)c(F)c2)CC(C)(C)c2[nH]ncc21. The van der Waals surface area contributed by atoms with Gasteiger partial charge < -0.3 is 10.2 Å². The number of H-pyrrole nitrogens is 1. The molecule has 0 saturated carbocycles. The van der Waals surface area contributed by atoms with Crippen LogP contribution in [0.5, 0.6) is 0 Å². The third kappa shape index (κ3) is 2.98. The first kappa shape index (κ1) is 17.8. The number of benzene rings is 1. The lowest BCUT2D eigenvalue weighted by Gasteiger charge is -2.28. The Kier molecular flexibility index (Phi) is 4.35. The maximum Gasteiger partial charge on any atom is 0.257 e. The van der Waals surface area contributed by atoms with E-state index in [1.165, 1.54) is 30.4 Å². The molecule has 6 nitrogen and oxygen atoms in total. The van der Waals surface area contributed by atoms with Gasteiger partial charge in [-0.3, -0.25) is 14.7 Å². The molecule has 1 aliphatic rings. The monoisotopic (exact) mass is 360 g/mol. The minimum atomic E-state index is -1.10. The van der Waals surface area contributed by atoms with Crippen LogP contribution in [0.25, 0.3) is 5.57 Å². The van der Waals surface area contributed by atoms with E-state index in [1.807, 2.05) is 13.8 Å². The zero-order valence-electron chi connectivity index (χ0n) is 14.6. The molecule has 0 saturated heterocycles. The van der Waals surface area contributed by atoms with E-state index in [2.05, 4.69) is 15.5 Å². The molecular weight excluding hydrogens is 342 g/mol. The van der Waals surface area contributed by atoms with Crippen LogP contribution in [0.3, 0.4) is 0 Å². The Bertz CT molecular complexity index is 918. The van der Waals surface area contributed by atoms with Gasteiger partial charge in [-0.1, -0.05) is 13.8 Å².